The van der Waals surface area contributed by atoms with E-state index >= 15 is 0 Å². The zero-order valence-electron chi connectivity index (χ0n) is 12.0. The van der Waals surface area contributed by atoms with E-state index in [1.54, 1.807) is 22.7 Å². The minimum absolute atomic E-state index is 0.0771. The second-order valence-electron chi connectivity index (χ2n) is 5.30. The number of nitrogens with one attached hydrogen (secondary N) is 2. The van der Waals surface area contributed by atoms with Crippen molar-refractivity contribution in [1.82, 2.24) is 20.6 Å². The Labute approximate surface area is 131 Å². The van der Waals surface area contributed by atoms with Crippen molar-refractivity contribution in [3.8, 4) is 0 Å². The molecule has 1 atom stereocenters. The molecule has 5 nitrogen and oxygen atoms in total. The van der Waals surface area contributed by atoms with Crippen molar-refractivity contribution < 1.29 is 4.79 Å². The lowest BCUT2D eigenvalue weighted by Crippen LogP contribution is -2.36. The minimum atomic E-state index is -0.184. The summed E-state index contributed by atoms with van der Waals surface area (Å²) < 4.78 is 0. The third-order valence-electron chi connectivity index (χ3n) is 3.33. The Kier molecular flexibility index (Phi) is 4.21. The monoisotopic (exact) mass is 322 g/mol. The Hall–Kier alpha value is -1.47. The highest BCUT2D eigenvalue weighted by molar-refractivity contribution is 7.11. The van der Waals surface area contributed by atoms with Gasteiger partial charge in [0.25, 0.3) is 0 Å². The lowest BCUT2D eigenvalue weighted by molar-refractivity contribution is 0.237. The molecule has 2 aromatic rings. The van der Waals surface area contributed by atoms with Crippen LogP contribution in [0.15, 0.2) is 11.6 Å². The molecule has 0 aromatic carbocycles. The van der Waals surface area contributed by atoms with Gasteiger partial charge in [-0.05, 0) is 26.7 Å². The summed E-state index contributed by atoms with van der Waals surface area (Å²) >= 11 is 3.29. The van der Waals surface area contributed by atoms with Crippen LogP contribution in [0.2, 0.25) is 0 Å². The van der Waals surface area contributed by atoms with Gasteiger partial charge in [-0.1, -0.05) is 0 Å². The molecule has 2 aromatic heterocycles. The van der Waals surface area contributed by atoms with Crippen LogP contribution < -0.4 is 10.6 Å². The molecule has 0 spiro atoms. The third kappa shape index (κ3) is 3.79. The van der Waals surface area contributed by atoms with Crippen LogP contribution in [0.25, 0.3) is 0 Å². The van der Waals surface area contributed by atoms with Crippen molar-refractivity contribution in [2.45, 2.75) is 45.2 Å². The number of amides is 2. The van der Waals surface area contributed by atoms with E-state index in [0.29, 0.717) is 12.5 Å². The van der Waals surface area contributed by atoms with Crippen molar-refractivity contribution in [1.29, 1.82) is 0 Å². The first-order valence-electron chi connectivity index (χ1n) is 7.03. The third-order valence-corrected chi connectivity index (χ3v) is 5.27. The van der Waals surface area contributed by atoms with Crippen LogP contribution in [-0.2, 0) is 6.54 Å². The molecular formula is C14H18N4OS2. The summed E-state index contributed by atoms with van der Waals surface area (Å²) in [6.07, 6.45) is 4.32. The van der Waals surface area contributed by atoms with Crippen LogP contribution >= 0.6 is 22.7 Å². The summed E-state index contributed by atoms with van der Waals surface area (Å²) in [5.74, 6) is 0.665. The Bertz CT molecular complexity index is 632. The van der Waals surface area contributed by atoms with Crippen LogP contribution in [-0.4, -0.2) is 16.0 Å². The molecule has 1 saturated carbocycles. The van der Waals surface area contributed by atoms with Gasteiger partial charge in [-0.2, -0.15) is 0 Å². The van der Waals surface area contributed by atoms with E-state index in [2.05, 4.69) is 20.6 Å². The first-order valence-corrected chi connectivity index (χ1v) is 8.72. The number of carbonyl (C=O) groups is 1. The highest BCUT2D eigenvalue weighted by atomic mass is 32.1. The van der Waals surface area contributed by atoms with Gasteiger partial charge in [-0.3, -0.25) is 0 Å². The number of thiazole rings is 2. The molecule has 2 heterocycles. The first kappa shape index (κ1) is 14.5. The molecule has 1 aliphatic carbocycles. The quantitative estimate of drug-likeness (QED) is 0.887. The fourth-order valence-corrected chi connectivity index (χ4v) is 3.79. The van der Waals surface area contributed by atoms with E-state index in [1.807, 2.05) is 25.4 Å². The fraction of sp³-hybridized carbons (Fsp3) is 0.500. The van der Waals surface area contributed by atoms with Crippen LogP contribution in [0.5, 0.6) is 0 Å². The average Bonchev–Trinajstić information content (AvgIpc) is 3.03. The Morgan fingerprint density at radius 3 is 3.00 bits per heavy atom. The van der Waals surface area contributed by atoms with E-state index in [1.165, 1.54) is 17.8 Å². The predicted octanol–water partition coefficient (Wildman–Crippen LogP) is 3.35. The predicted molar refractivity (Wildman–Crippen MR) is 84.7 cm³/mol. The van der Waals surface area contributed by atoms with Crippen LogP contribution in [0, 0.1) is 6.92 Å². The number of hydrogen-bond donors (Lipinski definition) is 2. The van der Waals surface area contributed by atoms with Gasteiger partial charge in [0.05, 0.1) is 23.3 Å². The summed E-state index contributed by atoms with van der Waals surface area (Å²) in [6.45, 7) is 4.42. The van der Waals surface area contributed by atoms with E-state index in [9.17, 15) is 4.79 Å². The van der Waals surface area contributed by atoms with Crippen LogP contribution in [0.4, 0.5) is 4.79 Å². The standard InChI is InChI=1S/C14H18N4OS2/c1-8-5-15-12(21-8)6-16-14(19)17-9(2)11-7-20-13(18-11)10-3-4-10/h5,7,9-10H,3-4,6H2,1-2H3,(H2,16,17,19)/t9-/m0/s1. The van der Waals surface area contributed by atoms with Gasteiger partial charge in [-0.25, -0.2) is 14.8 Å². The normalized spacial score (nSPS) is 15.7. The highest BCUT2D eigenvalue weighted by Crippen LogP contribution is 2.41. The van der Waals surface area contributed by atoms with Crippen molar-refractivity contribution in [3.05, 3.63) is 32.2 Å². The molecule has 0 aliphatic heterocycles. The summed E-state index contributed by atoms with van der Waals surface area (Å²) in [6, 6.07) is -0.261. The Morgan fingerprint density at radius 2 is 2.33 bits per heavy atom. The molecule has 7 heteroatoms. The second-order valence-corrected chi connectivity index (χ2v) is 7.51. The van der Waals surface area contributed by atoms with Crippen molar-refractivity contribution in [2.24, 2.45) is 0 Å². The van der Waals surface area contributed by atoms with E-state index < -0.39 is 0 Å². The average molecular weight is 322 g/mol. The molecule has 1 aliphatic rings. The summed E-state index contributed by atoms with van der Waals surface area (Å²) in [7, 11) is 0. The van der Waals surface area contributed by atoms with Crippen LogP contribution in [0.3, 0.4) is 0 Å². The Morgan fingerprint density at radius 1 is 1.52 bits per heavy atom. The Balaban J connectivity index is 1.48. The van der Waals surface area contributed by atoms with E-state index in [0.717, 1.165) is 15.6 Å². The van der Waals surface area contributed by atoms with E-state index in [4.69, 9.17) is 0 Å². The molecule has 0 bridgehead atoms. The maximum Gasteiger partial charge on any atom is 0.315 e. The number of hydrogen-bond acceptors (Lipinski definition) is 5. The van der Waals surface area contributed by atoms with Gasteiger partial charge in [-0.15, -0.1) is 22.7 Å². The molecule has 2 amide bonds. The minimum Gasteiger partial charge on any atom is -0.332 e. The smallest absolute Gasteiger partial charge is 0.315 e. The van der Waals surface area contributed by atoms with Crippen molar-refractivity contribution >= 4 is 28.7 Å². The summed E-state index contributed by atoms with van der Waals surface area (Å²) in [4.78, 5) is 21.9. The molecule has 1 fully saturated rings. The molecule has 0 unspecified atom stereocenters. The number of rotatable bonds is 5. The summed E-state index contributed by atoms with van der Waals surface area (Å²) in [5.41, 5.74) is 0.946. The first-order chi connectivity index (χ1) is 10.1. The maximum absolute atomic E-state index is 11.9. The lowest BCUT2D eigenvalue weighted by Gasteiger charge is -2.12. The molecule has 0 saturated heterocycles. The van der Waals surface area contributed by atoms with Crippen molar-refractivity contribution in [3.63, 3.8) is 0 Å². The van der Waals surface area contributed by atoms with Gasteiger partial charge in [0.15, 0.2) is 0 Å². The maximum atomic E-state index is 11.9. The highest BCUT2D eigenvalue weighted by Gasteiger charge is 2.27. The van der Waals surface area contributed by atoms with Gasteiger partial charge >= 0.3 is 6.03 Å². The zero-order chi connectivity index (χ0) is 14.8. The molecule has 112 valence electrons. The number of urea groups is 1. The summed E-state index contributed by atoms with van der Waals surface area (Å²) in [5, 5.41) is 9.91. The van der Waals surface area contributed by atoms with Gasteiger partial charge in [0.2, 0.25) is 0 Å². The molecule has 21 heavy (non-hydrogen) atoms. The number of aryl methyl sites for hydroxylation is 1. The van der Waals surface area contributed by atoms with Gasteiger partial charge in [0, 0.05) is 22.4 Å². The SMILES string of the molecule is Cc1cnc(CNC(=O)N[C@@H](C)c2csc(C3CC3)n2)s1. The van der Waals surface area contributed by atoms with Gasteiger partial charge in [0.1, 0.15) is 5.01 Å². The number of aromatic nitrogens is 2. The topological polar surface area (TPSA) is 66.9 Å². The van der Waals surface area contributed by atoms with Crippen LogP contribution in [0.1, 0.15) is 52.3 Å². The van der Waals surface area contributed by atoms with E-state index in [-0.39, 0.29) is 12.1 Å². The lowest BCUT2D eigenvalue weighted by atomic mass is 10.2. The number of carbonyl (C=O) groups excluding carboxylic acids is 1. The molecule has 0 radical (unpaired) electrons. The largest absolute Gasteiger partial charge is 0.332 e. The van der Waals surface area contributed by atoms with Crippen molar-refractivity contribution in [2.75, 3.05) is 0 Å². The molecular weight excluding hydrogens is 304 g/mol. The molecule has 2 N–H and O–H groups in total. The number of nitrogens with zero attached hydrogens (tertiary/aromatic N) is 2. The van der Waals surface area contributed by atoms with Gasteiger partial charge < -0.3 is 10.6 Å². The molecule has 3 rings (SSSR count). The second kappa shape index (κ2) is 6.11. The zero-order valence-corrected chi connectivity index (χ0v) is 13.7. The fourth-order valence-electron chi connectivity index (χ4n) is 1.98.